The third-order valence-corrected chi connectivity index (χ3v) is 12.5. The minimum Gasteiger partial charge on any atom is -0.389 e. The van der Waals surface area contributed by atoms with E-state index in [1.165, 1.54) is 0 Å². The van der Waals surface area contributed by atoms with Crippen molar-refractivity contribution in [2.75, 3.05) is 51.0 Å². The first-order chi connectivity index (χ1) is 25.8. The summed E-state index contributed by atoms with van der Waals surface area (Å²) in [6.07, 6.45) is 0. The van der Waals surface area contributed by atoms with E-state index in [-0.39, 0.29) is 13.1 Å². The van der Waals surface area contributed by atoms with Gasteiger partial charge in [0.25, 0.3) is 22.9 Å². The molecule has 2 saturated heterocycles. The Hall–Kier alpha value is -5.54. The molecular formula is C40H42N6O8. The maximum atomic E-state index is 13.2. The molecule has 54 heavy (non-hydrogen) atoms. The van der Waals surface area contributed by atoms with Gasteiger partial charge in [0.1, 0.15) is 13.2 Å². The SMILES string of the molecule is Cc1ccccc1[C@H]1CN(C)[C@@]2(C(=O)Nc3ccccc32)[C@]1(CO)[N+](=O)[O-].Cc1ccccc1[C@H]1CN(C)[C@@]2(C(=O)Nc3ccccc32)[C@]1(CO)[N+](=O)[O-]. The summed E-state index contributed by atoms with van der Waals surface area (Å²) in [7, 11) is 3.43. The Balaban J connectivity index is 0.000000167. The molecule has 2 amide bonds. The van der Waals surface area contributed by atoms with E-state index in [1.807, 2.05) is 62.4 Å². The number of hydrogen-bond donors (Lipinski definition) is 4. The molecule has 0 unspecified atom stereocenters. The lowest BCUT2D eigenvalue weighted by atomic mass is 9.67. The standard InChI is InChI=1S/2C20H21N3O4/c2*1-13-7-3-4-8-14(13)16-11-22(2)20(19(16,12-24)23(26)27)15-9-5-6-10-17(15)21-18(20)25/h2*3-10,16,24H,11-12H2,1-2H3,(H,21,25)/t2*16-,19-,20+/m11/s1. The summed E-state index contributed by atoms with van der Waals surface area (Å²) in [5.74, 6) is -2.21. The molecule has 0 saturated carbocycles. The number of aliphatic hydroxyl groups is 2. The summed E-state index contributed by atoms with van der Waals surface area (Å²) >= 11 is 0. The molecule has 0 bridgehead atoms. The third kappa shape index (κ3) is 4.48. The first kappa shape index (κ1) is 36.8. The van der Waals surface area contributed by atoms with Crippen LogP contribution in [0, 0.1) is 34.1 Å². The molecule has 14 heteroatoms. The fourth-order valence-electron chi connectivity index (χ4n) is 10.1. The highest BCUT2D eigenvalue weighted by atomic mass is 16.6. The number of fused-ring (bicyclic) bond motifs is 4. The molecule has 2 fully saturated rings. The maximum Gasteiger partial charge on any atom is 0.283 e. The molecule has 0 aliphatic carbocycles. The normalized spacial score (nSPS) is 29.7. The number of para-hydroxylation sites is 2. The molecule has 6 atom stereocenters. The minimum absolute atomic E-state index is 0.286. The lowest BCUT2D eigenvalue weighted by molar-refractivity contribution is -0.587. The van der Waals surface area contributed by atoms with Gasteiger partial charge >= 0.3 is 0 Å². The van der Waals surface area contributed by atoms with Crippen molar-refractivity contribution in [2.45, 2.75) is 47.8 Å². The molecule has 4 N–H and O–H groups in total. The summed E-state index contributed by atoms with van der Waals surface area (Å²) in [5.41, 5.74) is -1.39. The van der Waals surface area contributed by atoms with Gasteiger partial charge in [0.15, 0.2) is 0 Å². The quantitative estimate of drug-likeness (QED) is 0.168. The van der Waals surface area contributed by atoms with Crippen LogP contribution in [0.5, 0.6) is 0 Å². The van der Waals surface area contributed by atoms with Crippen molar-refractivity contribution in [1.82, 2.24) is 9.80 Å². The molecule has 0 aromatic heterocycles. The monoisotopic (exact) mass is 734 g/mol. The number of likely N-dealkylation sites (tertiary alicyclic amines) is 2. The number of rotatable bonds is 6. The van der Waals surface area contributed by atoms with Crippen LogP contribution in [0.4, 0.5) is 11.4 Å². The van der Waals surface area contributed by atoms with Crippen molar-refractivity contribution in [3.63, 3.8) is 0 Å². The molecule has 2 spiro atoms. The molecule has 4 aliphatic heterocycles. The Kier molecular flexibility index (Phi) is 8.92. The Morgan fingerprint density at radius 1 is 0.630 bits per heavy atom. The molecular weight excluding hydrogens is 692 g/mol. The largest absolute Gasteiger partial charge is 0.389 e. The Morgan fingerprint density at radius 3 is 1.30 bits per heavy atom. The van der Waals surface area contributed by atoms with Gasteiger partial charge in [-0.3, -0.25) is 39.6 Å². The number of anilines is 2. The van der Waals surface area contributed by atoms with Gasteiger partial charge in [-0.2, -0.15) is 0 Å². The zero-order valence-corrected chi connectivity index (χ0v) is 30.4. The number of nitro groups is 2. The van der Waals surface area contributed by atoms with Crippen LogP contribution in [0.15, 0.2) is 97.1 Å². The fraction of sp³-hybridized carbons (Fsp3) is 0.350. The highest BCUT2D eigenvalue weighted by Gasteiger charge is 2.80. The van der Waals surface area contributed by atoms with Gasteiger partial charge in [-0.15, -0.1) is 0 Å². The predicted molar refractivity (Wildman–Crippen MR) is 200 cm³/mol. The Labute approximate surface area is 311 Å². The summed E-state index contributed by atoms with van der Waals surface area (Å²) in [4.78, 5) is 54.1. The van der Waals surface area contributed by atoms with Crippen molar-refractivity contribution >= 4 is 23.2 Å². The van der Waals surface area contributed by atoms with Crippen LogP contribution in [-0.4, -0.2) is 93.2 Å². The maximum absolute atomic E-state index is 13.2. The molecule has 280 valence electrons. The van der Waals surface area contributed by atoms with Crippen LogP contribution < -0.4 is 10.6 Å². The average molecular weight is 735 g/mol. The third-order valence-electron chi connectivity index (χ3n) is 12.5. The Bertz CT molecular complexity index is 2050. The van der Waals surface area contributed by atoms with E-state index in [9.17, 15) is 40.0 Å². The van der Waals surface area contributed by atoms with Gasteiger partial charge in [-0.05, 0) is 62.3 Å². The highest BCUT2D eigenvalue weighted by molar-refractivity contribution is 6.08. The number of aryl methyl sites for hydroxylation is 2. The second kappa shape index (κ2) is 13.1. The highest BCUT2D eigenvalue weighted by Crippen LogP contribution is 2.60. The van der Waals surface area contributed by atoms with Crippen molar-refractivity contribution in [3.05, 3.63) is 151 Å². The van der Waals surface area contributed by atoms with Crippen molar-refractivity contribution in [1.29, 1.82) is 0 Å². The van der Waals surface area contributed by atoms with Gasteiger partial charge in [-0.25, -0.2) is 0 Å². The van der Waals surface area contributed by atoms with E-state index < -0.39 is 68.9 Å². The van der Waals surface area contributed by atoms with E-state index in [2.05, 4.69) is 10.6 Å². The number of nitrogens with one attached hydrogen (secondary N) is 2. The summed E-state index contributed by atoms with van der Waals surface area (Å²) in [6, 6.07) is 28.9. The first-order valence-corrected chi connectivity index (χ1v) is 17.7. The van der Waals surface area contributed by atoms with Gasteiger partial charge in [0.05, 0.1) is 11.8 Å². The van der Waals surface area contributed by atoms with Crippen LogP contribution in [0.3, 0.4) is 0 Å². The van der Waals surface area contributed by atoms with E-state index in [0.29, 0.717) is 22.5 Å². The van der Waals surface area contributed by atoms with E-state index in [4.69, 9.17) is 0 Å². The first-order valence-electron chi connectivity index (χ1n) is 17.7. The number of carbonyl (C=O) groups is 2. The molecule has 14 nitrogen and oxygen atoms in total. The topological polar surface area (TPSA) is 191 Å². The molecule has 4 aromatic rings. The van der Waals surface area contributed by atoms with Crippen molar-refractivity contribution < 1.29 is 29.6 Å². The van der Waals surface area contributed by atoms with Crippen LogP contribution in [0.2, 0.25) is 0 Å². The molecule has 0 radical (unpaired) electrons. The predicted octanol–water partition coefficient (Wildman–Crippen LogP) is 3.76. The number of aliphatic hydroxyl groups excluding tert-OH is 2. The van der Waals surface area contributed by atoms with Crippen LogP contribution in [0.1, 0.15) is 45.2 Å². The summed E-state index contributed by atoms with van der Waals surface area (Å²) in [6.45, 7) is 2.87. The van der Waals surface area contributed by atoms with Crippen LogP contribution in [0.25, 0.3) is 0 Å². The summed E-state index contributed by atoms with van der Waals surface area (Å²) < 4.78 is 0. The molecule has 4 aromatic carbocycles. The lowest BCUT2D eigenvalue weighted by Crippen LogP contribution is -2.65. The van der Waals surface area contributed by atoms with Gasteiger partial charge in [0.2, 0.25) is 11.1 Å². The van der Waals surface area contributed by atoms with Crippen molar-refractivity contribution in [3.8, 4) is 0 Å². The lowest BCUT2D eigenvalue weighted by Gasteiger charge is -2.38. The van der Waals surface area contributed by atoms with Crippen molar-refractivity contribution in [2.24, 2.45) is 0 Å². The van der Waals surface area contributed by atoms with Gasteiger partial charge < -0.3 is 20.8 Å². The number of carbonyl (C=O) groups excluding carboxylic acids is 2. The number of likely N-dealkylation sites (N-methyl/N-ethyl adjacent to an activating group) is 2. The van der Waals surface area contributed by atoms with Crippen LogP contribution in [-0.2, 0) is 20.7 Å². The van der Waals surface area contributed by atoms with Gasteiger partial charge in [0, 0.05) is 45.4 Å². The Morgan fingerprint density at radius 2 is 0.963 bits per heavy atom. The smallest absolute Gasteiger partial charge is 0.283 e. The number of hydrogen-bond acceptors (Lipinski definition) is 10. The zero-order valence-electron chi connectivity index (χ0n) is 30.4. The van der Waals surface area contributed by atoms with Crippen LogP contribution >= 0.6 is 0 Å². The molecule has 4 aliphatic rings. The minimum atomic E-state index is -1.90. The molecule has 8 rings (SSSR count). The van der Waals surface area contributed by atoms with E-state index >= 15 is 0 Å². The zero-order chi connectivity index (χ0) is 38.8. The van der Waals surface area contributed by atoms with Gasteiger partial charge in [-0.1, -0.05) is 84.9 Å². The average Bonchev–Trinajstić information content (AvgIpc) is 3.82. The second-order valence-electron chi connectivity index (χ2n) is 14.7. The number of amides is 2. The van der Waals surface area contributed by atoms with E-state index in [0.717, 1.165) is 22.3 Å². The second-order valence-corrected chi connectivity index (χ2v) is 14.7. The number of nitrogens with zero attached hydrogens (tertiary/aromatic N) is 4. The van der Waals surface area contributed by atoms with E-state index in [1.54, 1.807) is 72.4 Å². The fourth-order valence-corrected chi connectivity index (χ4v) is 10.1. The molecule has 4 heterocycles. The number of benzene rings is 4. The summed E-state index contributed by atoms with van der Waals surface area (Å²) in [5, 5.41) is 51.6.